The maximum atomic E-state index is 12.5. The van der Waals surface area contributed by atoms with Crippen molar-refractivity contribution in [2.75, 3.05) is 14.2 Å². The zero-order valence-electron chi connectivity index (χ0n) is 15.9. The van der Waals surface area contributed by atoms with Gasteiger partial charge in [0.1, 0.15) is 29.4 Å². The van der Waals surface area contributed by atoms with Gasteiger partial charge in [0.25, 0.3) is 0 Å². The van der Waals surface area contributed by atoms with E-state index in [1.54, 1.807) is 20.3 Å². The average Bonchev–Trinajstić information content (AvgIpc) is 2.73. The van der Waals surface area contributed by atoms with Crippen LogP contribution in [-0.4, -0.2) is 14.2 Å². The smallest absolute Gasteiger partial charge is 0.344 e. The van der Waals surface area contributed by atoms with E-state index in [9.17, 15) is 4.79 Å². The standard InChI is InChI=1S/C23H20O5/c1-14-21(27-13-15-5-4-6-16(11-15)25-2)10-9-19-18-8-7-17(26-3)12-20(18)23(24)28-22(14)19/h4-12H,13H2,1-3H3. The van der Waals surface area contributed by atoms with Gasteiger partial charge in [0.05, 0.1) is 19.6 Å². The van der Waals surface area contributed by atoms with E-state index in [0.29, 0.717) is 29.1 Å². The first-order chi connectivity index (χ1) is 13.6. The van der Waals surface area contributed by atoms with Gasteiger partial charge in [-0.3, -0.25) is 0 Å². The van der Waals surface area contributed by atoms with Crippen molar-refractivity contribution in [3.8, 4) is 17.2 Å². The van der Waals surface area contributed by atoms with Crippen molar-refractivity contribution in [1.82, 2.24) is 0 Å². The first kappa shape index (κ1) is 17.9. The topological polar surface area (TPSA) is 57.9 Å². The Morgan fingerprint density at radius 2 is 1.61 bits per heavy atom. The minimum absolute atomic E-state index is 0.387. The van der Waals surface area contributed by atoms with Crippen LogP contribution >= 0.6 is 0 Å². The van der Waals surface area contributed by atoms with Crippen LogP contribution in [0, 0.1) is 6.92 Å². The number of benzene rings is 3. The highest BCUT2D eigenvalue weighted by molar-refractivity contribution is 6.05. The molecule has 0 saturated carbocycles. The molecule has 0 saturated heterocycles. The summed E-state index contributed by atoms with van der Waals surface area (Å²) in [5, 5.41) is 2.19. The molecule has 0 fully saturated rings. The molecule has 1 heterocycles. The second kappa shape index (κ2) is 7.27. The number of fused-ring (bicyclic) bond motifs is 3. The van der Waals surface area contributed by atoms with Crippen LogP contribution in [0.2, 0.25) is 0 Å². The molecule has 0 aliphatic rings. The molecule has 0 aliphatic heterocycles. The molecule has 0 atom stereocenters. The molecule has 0 aliphatic carbocycles. The summed E-state index contributed by atoms with van der Waals surface area (Å²) < 4.78 is 22.1. The van der Waals surface area contributed by atoms with Crippen LogP contribution in [0.5, 0.6) is 17.2 Å². The average molecular weight is 376 g/mol. The molecule has 4 aromatic rings. The zero-order chi connectivity index (χ0) is 19.7. The van der Waals surface area contributed by atoms with Crippen LogP contribution in [-0.2, 0) is 6.61 Å². The normalized spacial score (nSPS) is 11.0. The van der Waals surface area contributed by atoms with Crippen LogP contribution < -0.4 is 19.8 Å². The molecule has 3 aromatic carbocycles. The van der Waals surface area contributed by atoms with Gasteiger partial charge in [0, 0.05) is 16.3 Å². The van der Waals surface area contributed by atoms with E-state index in [1.807, 2.05) is 55.5 Å². The third-order valence-electron chi connectivity index (χ3n) is 4.82. The largest absolute Gasteiger partial charge is 0.497 e. The number of methoxy groups -OCH3 is 2. The van der Waals surface area contributed by atoms with E-state index in [0.717, 1.165) is 27.6 Å². The Hall–Kier alpha value is -3.47. The Bertz CT molecular complexity index is 1220. The number of hydrogen-bond donors (Lipinski definition) is 0. The SMILES string of the molecule is COc1cccc(COc2ccc3c(oc(=O)c4cc(OC)ccc43)c2C)c1. The summed E-state index contributed by atoms with van der Waals surface area (Å²) in [4.78, 5) is 12.5. The van der Waals surface area contributed by atoms with E-state index >= 15 is 0 Å². The molecule has 28 heavy (non-hydrogen) atoms. The van der Waals surface area contributed by atoms with Gasteiger partial charge < -0.3 is 18.6 Å². The highest BCUT2D eigenvalue weighted by Gasteiger charge is 2.13. The molecular weight excluding hydrogens is 356 g/mol. The lowest BCUT2D eigenvalue weighted by Crippen LogP contribution is -2.03. The van der Waals surface area contributed by atoms with Gasteiger partial charge in [-0.15, -0.1) is 0 Å². The predicted molar refractivity (Wildman–Crippen MR) is 109 cm³/mol. The van der Waals surface area contributed by atoms with E-state index in [4.69, 9.17) is 18.6 Å². The summed E-state index contributed by atoms with van der Waals surface area (Å²) in [6.45, 7) is 2.28. The van der Waals surface area contributed by atoms with Crippen LogP contribution in [0.4, 0.5) is 0 Å². The Kier molecular flexibility index (Phi) is 4.65. The first-order valence-electron chi connectivity index (χ1n) is 8.90. The number of rotatable bonds is 5. The van der Waals surface area contributed by atoms with Crippen molar-refractivity contribution in [3.63, 3.8) is 0 Å². The molecule has 0 bridgehead atoms. The second-order valence-electron chi connectivity index (χ2n) is 6.51. The minimum atomic E-state index is -0.394. The third kappa shape index (κ3) is 3.16. The molecule has 5 nitrogen and oxygen atoms in total. The summed E-state index contributed by atoms with van der Waals surface area (Å²) in [7, 11) is 3.20. The molecule has 0 radical (unpaired) electrons. The van der Waals surface area contributed by atoms with Crippen LogP contribution in [0.3, 0.4) is 0 Å². The molecule has 1 aromatic heterocycles. The van der Waals surface area contributed by atoms with Gasteiger partial charge in [-0.1, -0.05) is 12.1 Å². The molecule has 0 amide bonds. The van der Waals surface area contributed by atoms with Gasteiger partial charge in [-0.25, -0.2) is 4.79 Å². The van der Waals surface area contributed by atoms with E-state index in [-0.39, 0.29) is 0 Å². The number of aryl methyl sites for hydroxylation is 1. The van der Waals surface area contributed by atoms with Crippen molar-refractivity contribution in [1.29, 1.82) is 0 Å². The maximum absolute atomic E-state index is 12.5. The lowest BCUT2D eigenvalue weighted by molar-refractivity contribution is 0.303. The number of hydrogen-bond acceptors (Lipinski definition) is 5. The fourth-order valence-electron chi connectivity index (χ4n) is 3.30. The summed E-state index contributed by atoms with van der Waals surface area (Å²) >= 11 is 0. The van der Waals surface area contributed by atoms with E-state index in [1.165, 1.54) is 0 Å². The van der Waals surface area contributed by atoms with E-state index in [2.05, 4.69) is 0 Å². The molecule has 0 N–H and O–H groups in total. The Labute approximate surface area is 162 Å². The summed E-state index contributed by atoms with van der Waals surface area (Å²) in [6.07, 6.45) is 0. The van der Waals surface area contributed by atoms with Gasteiger partial charge in [-0.2, -0.15) is 0 Å². The quantitative estimate of drug-likeness (QED) is 0.368. The van der Waals surface area contributed by atoms with Gasteiger partial charge in [0.15, 0.2) is 0 Å². The minimum Gasteiger partial charge on any atom is -0.497 e. The van der Waals surface area contributed by atoms with Crippen LogP contribution in [0.1, 0.15) is 11.1 Å². The fourth-order valence-corrected chi connectivity index (χ4v) is 3.30. The highest BCUT2D eigenvalue weighted by Crippen LogP contribution is 2.32. The Morgan fingerprint density at radius 3 is 2.39 bits per heavy atom. The fraction of sp³-hybridized carbons (Fsp3) is 0.174. The monoisotopic (exact) mass is 376 g/mol. The van der Waals surface area contributed by atoms with Gasteiger partial charge in [-0.05, 0) is 55.0 Å². The molecule has 4 rings (SSSR count). The highest BCUT2D eigenvalue weighted by atomic mass is 16.5. The maximum Gasteiger partial charge on any atom is 0.344 e. The summed E-state index contributed by atoms with van der Waals surface area (Å²) in [5.41, 5.74) is 1.92. The van der Waals surface area contributed by atoms with Crippen molar-refractivity contribution < 1.29 is 18.6 Å². The van der Waals surface area contributed by atoms with E-state index < -0.39 is 5.63 Å². The molecular formula is C23H20O5. The zero-order valence-corrected chi connectivity index (χ0v) is 15.9. The lowest BCUT2D eigenvalue weighted by Gasteiger charge is -2.12. The van der Waals surface area contributed by atoms with Crippen LogP contribution in [0.25, 0.3) is 21.7 Å². The first-order valence-corrected chi connectivity index (χ1v) is 8.90. The molecule has 0 unspecified atom stereocenters. The third-order valence-corrected chi connectivity index (χ3v) is 4.82. The van der Waals surface area contributed by atoms with Gasteiger partial charge >= 0.3 is 5.63 Å². The van der Waals surface area contributed by atoms with Gasteiger partial charge in [0.2, 0.25) is 0 Å². The van der Waals surface area contributed by atoms with Crippen molar-refractivity contribution in [2.45, 2.75) is 13.5 Å². The molecule has 142 valence electrons. The Balaban J connectivity index is 1.74. The molecule has 0 spiro atoms. The van der Waals surface area contributed by atoms with Crippen molar-refractivity contribution in [2.24, 2.45) is 0 Å². The van der Waals surface area contributed by atoms with Crippen LogP contribution in [0.15, 0.2) is 63.8 Å². The van der Waals surface area contributed by atoms with Crippen molar-refractivity contribution in [3.05, 3.63) is 76.1 Å². The predicted octanol–water partition coefficient (Wildman–Crippen LogP) is 4.85. The Morgan fingerprint density at radius 1 is 0.857 bits per heavy atom. The molecule has 5 heteroatoms. The number of ether oxygens (including phenoxy) is 3. The summed E-state index contributed by atoms with van der Waals surface area (Å²) in [6, 6.07) is 16.9. The van der Waals surface area contributed by atoms with Crippen molar-refractivity contribution >= 4 is 21.7 Å². The lowest BCUT2D eigenvalue weighted by atomic mass is 10.0. The summed E-state index contributed by atoms with van der Waals surface area (Å²) in [5.74, 6) is 2.07. The second-order valence-corrected chi connectivity index (χ2v) is 6.51.